The van der Waals surface area contributed by atoms with Crippen LogP contribution in [-0.4, -0.2) is 9.97 Å². The minimum Gasteiger partial charge on any atom is -0.233 e. The number of benzene rings is 1. The number of aromatic nitrogens is 2. The predicted octanol–water partition coefficient (Wildman–Crippen LogP) is 4.37. The lowest BCUT2D eigenvalue weighted by molar-refractivity contribution is -0.138. The van der Waals surface area contributed by atoms with Crippen LogP contribution in [0, 0.1) is 6.92 Å². The summed E-state index contributed by atoms with van der Waals surface area (Å²) in [6.07, 6.45) is -4.44. The summed E-state index contributed by atoms with van der Waals surface area (Å²) >= 11 is 8.68. The quantitative estimate of drug-likeness (QED) is 0.672. The number of hydrogen-bond acceptors (Lipinski definition) is 2. The Morgan fingerprint density at radius 3 is 2.47 bits per heavy atom. The summed E-state index contributed by atoms with van der Waals surface area (Å²) in [4.78, 5) is 7.85. The van der Waals surface area contributed by atoms with E-state index in [0.717, 1.165) is 6.07 Å². The zero-order valence-electron chi connectivity index (χ0n) is 8.44. The molecule has 0 aliphatic carbocycles. The molecule has 2 nitrogen and oxygen atoms in total. The number of hydrogen-bond donors (Lipinski definition) is 0. The van der Waals surface area contributed by atoms with Crippen LogP contribution >= 0.6 is 27.5 Å². The number of rotatable bonds is 0. The Hall–Kier alpha value is -0.880. The van der Waals surface area contributed by atoms with Crippen molar-refractivity contribution in [3.8, 4) is 0 Å². The largest absolute Gasteiger partial charge is 0.417 e. The molecule has 1 aromatic heterocycles. The fourth-order valence-corrected chi connectivity index (χ4v) is 2.27. The van der Waals surface area contributed by atoms with Crippen molar-refractivity contribution in [1.82, 2.24) is 9.97 Å². The van der Waals surface area contributed by atoms with E-state index in [1.165, 1.54) is 6.07 Å². The molecule has 0 radical (unpaired) electrons. The monoisotopic (exact) mass is 324 g/mol. The number of alkyl halides is 3. The highest BCUT2D eigenvalue weighted by molar-refractivity contribution is 9.10. The van der Waals surface area contributed by atoms with Crippen LogP contribution in [0.15, 0.2) is 16.6 Å². The third kappa shape index (κ3) is 2.37. The highest BCUT2D eigenvalue weighted by atomic mass is 79.9. The summed E-state index contributed by atoms with van der Waals surface area (Å²) in [5, 5.41) is 0.207. The molecular weight excluding hydrogens is 320 g/mol. The van der Waals surface area contributed by atoms with E-state index < -0.39 is 11.7 Å². The van der Waals surface area contributed by atoms with Gasteiger partial charge in [0.2, 0.25) is 0 Å². The molecule has 1 heterocycles. The van der Waals surface area contributed by atoms with Crippen molar-refractivity contribution < 1.29 is 13.2 Å². The summed E-state index contributed by atoms with van der Waals surface area (Å²) in [6, 6.07) is 2.24. The smallest absolute Gasteiger partial charge is 0.233 e. The van der Waals surface area contributed by atoms with Gasteiger partial charge in [-0.2, -0.15) is 13.2 Å². The summed E-state index contributed by atoms with van der Waals surface area (Å²) in [5.74, 6) is 0.411. The van der Waals surface area contributed by atoms with Crippen LogP contribution < -0.4 is 0 Å². The summed E-state index contributed by atoms with van der Waals surface area (Å²) in [5.41, 5.74) is -0.415. The number of halogens is 5. The van der Waals surface area contributed by atoms with Crippen molar-refractivity contribution in [1.29, 1.82) is 0 Å². The van der Waals surface area contributed by atoms with Crippen molar-refractivity contribution >= 4 is 38.4 Å². The third-order valence-electron chi connectivity index (χ3n) is 2.16. The van der Waals surface area contributed by atoms with E-state index in [9.17, 15) is 13.2 Å². The molecule has 7 heteroatoms. The van der Waals surface area contributed by atoms with E-state index in [2.05, 4.69) is 25.9 Å². The van der Waals surface area contributed by atoms with Gasteiger partial charge in [0.05, 0.1) is 11.1 Å². The van der Waals surface area contributed by atoms with E-state index in [-0.39, 0.29) is 15.0 Å². The van der Waals surface area contributed by atoms with Gasteiger partial charge in [0.15, 0.2) is 0 Å². The van der Waals surface area contributed by atoms with Crippen LogP contribution in [0.3, 0.4) is 0 Å². The van der Waals surface area contributed by atoms with Gasteiger partial charge >= 0.3 is 6.18 Å². The fraction of sp³-hybridized carbons (Fsp3) is 0.200. The normalized spacial score (nSPS) is 12.1. The van der Waals surface area contributed by atoms with Gasteiger partial charge in [-0.3, -0.25) is 0 Å². The van der Waals surface area contributed by atoms with Gasteiger partial charge < -0.3 is 0 Å². The number of nitrogens with zero attached hydrogens (tertiary/aromatic N) is 2. The molecule has 1 aromatic carbocycles. The van der Waals surface area contributed by atoms with Crippen molar-refractivity contribution in [2.75, 3.05) is 0 Å². The van der Waals surface area contributed by atoms with Crippen molar-refractivity contribution in [2.24, 2.45) is 0 Å². The van der Waals surface area contributed by atoms with Gasteiger partial charge in [-0.15, -0.1) is 0 Å². The lowest BCUT2D eigenvalue weighted by Gasteiger charge is -2.10. The molecule has 0 fully saturated rings. The summed E-state index contributed by atoms with van der Waals surface area (Å²) < 4.78 is 38.0. The molecule has 0 amide bonds. The first kappa shape index (κ1) is 12.6. The molecule has 2 rings (SSSR count). The summed E-state index contributed by atoms with van der Waals surface area (Å²) in [7, 11) is 0. The molecule has 0 bridgehead atoms. The first-order chi connectivity index (χ1) is 7.79. The first-order valence-corrected chi connectivity index (χ1v) is 5.67. The highest BCUT2D eigenvalue weighted by Crippen LogP contribution is 2.37. The minimum atomic E-state index is -4.44. The lowest BCUT2D eigenvalue weighted by Crippen LogP contribution is -2.06. The third-order valence-corrected chi connectivity index (χ3v) is 3.10. The van der Waals surface area contributed by atoms with Gasteiger partial charge in [0.1, 0.15) is 11.0 Å². The molecule has 2 aromatic rings. The van der Waals surface area contributed by atoms with Crippen LogP contribution in [0.25, 0.3) is 10.9 Å². The van der Waals surface area contributed by atoms with E-state index in [4.69, 9.17) is 11.6 Å². The molecular formula is C10H5BrClF3N2. The van der Waals surface area contributed by atoms with Crippen LogP contribution in [0.5, 0.6) is 0 Å². The molecule has 17 heavy (non-hydrogen) atoms. The SMILES string of the molecule is Cc1nc(Cl)c2cc(C(F)(F)F)c(Br)cc2n1. The standard InChI is InChI=1S/C10H5BrClF3N2/c1-4-16-8-3-7(11)6(10(13,14)15)2-5(8)9(12)17-4/h2-3H,1H3. The molecule has 0 aliphatic rings. The van der Waals surface area contributed by atoms with Crippen LogP contribution in [0.2, 0.25) is 5.15 Å². The van der Waals surface area contributed by atoms with Crippen LogP contribution in [-0.2, 0) is 6.18 Å². The first-order valence-electron chi connectivity index (χ1n) is 4.49. The Balaban J connectivity index is 2.81. The van der Waals surface area contributed by atoms with Gasteiger partial charge in [-0.05, 0) is 19.1 Å². The maximum absolute atomic E-state index is 12.7. The second-order valence-electron chi connectivity index (χ2n) is 3.41. The molecule has 0 saturated carbocycles. The van der Waals surface area contributed by atoms with Crippen molar-refractivity contribution in [3.05, 3.63) is 33.1 Å². The van der Waals surface area contributed by atoms with Crippen molar-refractivity contribution in [3.63, 3.8) is 0 Å². The van der Waals surface area contributed by atoms with E-state index in [1.54, 1.807) is 6.92 Å². The fourth-order valence-electron chi connectivity index (χ4n) is 1.44. The van der Waals surface area contributed by atoms with Gasteiger partial charge in [0, 0.05) is 9.86 Å². The average molecular weight is 326 g/mol. The molecule has 90 valence electrons. The minimum absolute atomic E-state index is 0.0190. The van der Waals surface area contributed by atoms with Crippen LogP contribution in [0.1, 0.15) is 11.4 Å². The Labute approximate surface area is 108 Å². The van der Waals surface area contributed by atoms with Crippen LogP contribution in [0.4, 0.5) is 13.2 Å². The van der Waals surface area contributed by atoms with E-state index >= 15 is 0 Å². The van der Waals surface area contributed by atoms with Gasteiger partial charge in [0.25, 0.3) is 0 Å². The lowest BCUT2D eigenvalue weighted by atomic mass is 10.1. The molecule has 0 spiro atoms. The second kappa shape index (κ2) is 4.10. The molecule has 0 atom stereocenters. The topological polar surface area (TPSA) is 25.8 Å². The van der Waals surface area contributed by atoms with Gasteiger partial charge in [-0.1, -0.05) is 27.5 Å². The second-order valence-corrected chi connectivity index (χ2v) is 4.62. The van der Waals surface area contributed by atoms with Gasteiger partial charge in [-0.25, -0.2) is 9.97 Å². The maximum Gasteiger partial charge on any atom is 0.417 e. The summed E-state index contributed by atoms with van der Waals surface area (Å²) in [6.45, 7) is 1.62. The Morgan fingerprint density at radius 2 is 1.88 bits per heavy atom. The molecule has 0 unspecified atom stereocenters. The van der Waals surface area contributed by atoms with E-state index in [1.807, 2.05) is 0 Å². The average Bonchev–Trinajstić information content (AvgIpc) is 2.13. The number of aryl methyl sites for hydroxylation is 1. The number of fused-ring (bicyclic) bond motifs is 1. The Kier molecular flexibility index (Phi) is 3.03. The Bertz CT molecular complexity index is 598. The van der Waals surface area contributed by atoms with Crippen molar-refractivity contribution in [2.45, 2.75) is 13.1 Å². The zero-order valence-corrected chi connectivity index (χ0v) is 10.8. The highest BCUT2D eigenvalue weighted by Gasteiger charge is 2.33. The molecule has 0 aliphatic heterocycles. The Morgan fingerprint density at radius 1 is 1.24 bits per heavy atom. The van der Waals surface area contributed by atoms with E-state index in [0.29, 0.717) is 11.3 Å². The molecule has 0 N–H and O–H groups in total. The predicted molar refractivity (Wildman–Crippen MR) is 62.0 cm³/mol. The maximum atomic E-state index is 12.7. The molecule has 0 saturated heterocycles. The zero-order chi connectivity index (χ0) is 12.8.